The van der Waals surface area contributed by atoms with Crippen molar-refractivity contribution in [1.82, 2.24) is 0 Å². The molecule has 1 aromatic rings. The third-order valence-electron chi connectivity index (χ3n) is 1.48. The van der Waals surface area contributed by atoms with Crippen molar-refractivity contribution in [3.05, 3.63) is 54.4 Å². The van der Waals surface area contributed by atoms with Crippen LogP contribution >= 0.6 is 0 Å². The Kier molecular flexibility index (Phi) is 3.64. The van der Waals surface area contributed by atoms with Crippen LogP contribution in [0.5, 0.6) is 0 Å². The Hall–Kier alpha value is -1.70. The molecule has 0 aliphatic heterocycles. The molecule has 2 heteroatoms. The van der Waals surface area contributed by atoms with Crippen molar-refractivity contribution in [1.29, 1.82) is 0 Å². The molecule has 0 atom stereocenters. The summed E-state index contributed by atoms with van der Waals surface area (Å²) in [6.07, 6.45) is 3.44. The molecule has 0 aliphatic rings. The van der Waals surface area contributed by atoms with E-state index in [0.717, 1.165) is 5.56 Å². The molecule has 13 heavy (non-hydrogen) atoms. The summed E-state index contributed by atoms with van der Waals surface area (Å²) in [5.74, 6) is 0.408. The van der Waals surface area contributed by atoms with Gasteiger partial charge in [-0.25, -0.2) is 0 Å². The van der Waals surface area contributed by atoms with E-state index in [0.29, 0.717) is 12.5 Å². The van der Waals surface area contributed by atoms with Gasteiger partial charge in [-0.1, -0.05) is 43.0 Å². The Morgan fingerprint density at radius 2 is 2.08 bits per heavy atom. The van der Waals surface area contributed by atoms with Crippen LogP contribution < -0.4 is 5.73 Å². The van der Waals surface area contributed by atoms with Crippen molar-refractivity contribution < 1.29 is 4.74 Å². The maximum Gasteiger partial charge on any atom is 0.184 e. The molecule has 0 heterocycles. The lowest BCUT2D eigenvalue weighted by atomic mass is 10.2. The van der Waals surface area contributed by atoms with E-state index in [9.17, 15) is 0 Å². The van der Waals surface area contributed by atoms with Crippen LogP contribution in [0.2, 0.25) is 0 Å². The Balaban J connectivity index is 2.60. The smallest absolute Gasteiger partial charge is 0.184 e. The van der Waals surface area contributed by atoms with Crippen LogP contribution in [0.25, 0.3) is 6.08 Å². The lowest BCUT2D eigenvalue weighted by Gasteiger charge is -2.01. The summed E-state index contributed by atoms with van der Waals surface area (Å²) in [6, 6.07) is 9.78. The van der Waals surface area contributed by atoms with Crippen molar-refractivity contribution in [3.8, 4) is 0 Å². The van der Waals surface area contributed by atoms with Crippen molar-refractivity contribution in [2.45, 2.75) is 0 Å². The largest absolute Gasteiger partial charge is 0.475 e. The first-order chi connectivity index (χ1) is 6.33. The van der Waals surface area contributed by atoms with Gasteiger partial charge in [-0.05, 0) is 5.56 Å². The maximum absolute atomic E-state index is 5.58. The summed E-state index contributed by atoms with van der Waals surface area (Å²) in [4.78, 5) is 0. The molecular weight excluding hydrogens is 162 g/mol. The van der Waals surface area contributed by atoms with Crippen molar-refractivity contribution in [2.24, 2.45) is 5.73 Å². The molecule has 0 amide bonds. The van der Waals surface area contributed by atoms with Gasteiger partial charge in [0, 0.05) is 6.08 Å². The minimum atomic E-state index is 0.408. The first-order valence-corrected chi connectivity index (χ1v) is 4.09. The van der Waals surface area contributed by atoms with Crippen LogP contribution in [0.1, 0.15) is 5.56 Å². The van der Waals surface area contributed by atoms with E-state index in [-0.39, 0.29) is 0 Å². The van der Waals surface area contributed by atoms with Gasteiger partial charge in [0.2, 0.25) is 0 Å². The van der Waals surface area contributed by atoms with E-state index in [4.69, 9.17) is 10.5 Å². The Bertz CT molecular complexity index is 290. The predicted molar refractivity (Wildman–Crippen MR) is 54.8 cm³/mol. The van der Waals surface area contributed by atoms with Crippen LogP contribution in [0.15, 0.2) is 48.9 Å². The number of benzene rings is 1. The first-order valence-electron chi connectivity index (χ1n) is 4.09. The van der Waals surface area contributed by atoms with Gasteiger partial charge in [0.25, 0.3) is 0 Å². The second-order valence-electron chi connectivity index (χ2n) is 2.56. The summed E-state index contributed by atoms with van der Waals surface area (Å²) in [7, 11) is 0. The number of ether oxygens (including phenoxy) is 1. The number of hydrogen-bond acceptors (Lipinski definition) is 2. The quantitative estimate of drug-likeness (QED) is 0.562. The standard InChI is InChI=1S/C11H13NO/c1-2-8-13-11(12)9-10-6-4-3-5-7-10/h2-7,9H,1,8,12H2. The second kappa shape index (κ2) is 5.04. The SMILES string of the molecule is C=CCOC(N)=Cc1ccccc1. The molecule has 2 N–H and O–H groups in total. The normalized spacial score (nSPS) is 10.9. The molecule has 0 aliphatic carbocycles. The monoisotopic (exact) mass is 175 g/mol. The highest BCUT2D eigenvalue weighted by atomic mass is 16.5. The number of hydrogen-bond donors (Lipinski definition) is 1. The van der Waals surface area contributed by atoms with Crippen LogP contribution in [-0.4, -0.2) is 6.61 Å². The van der Waals surface area contributed by atoms with Gasteiger partial charge in [-0.3, -0.25) is 0 Å². The van der Waals surface area contributed by atoms with E-state index >= 15 is 0 Å². The van der Waals surface area contributed by atoms with Crippen molar-refractivity contribution in [3.63, 3.8) is 0 Å². The maximum atomic E-state index is 5.58. The molecule has 0 radical (unpaired) electrons. The van der Waals surface area contributed by atoms with E-state index in [2.05, 4.69) is 6.58 Å². The summed E-state index contributed by atoms with van der Waals surface area (Å²) >= 11 is 0. The Morgan fingerprint density at radius 1 is 1.38 bits per heavy atom. The van der Waals surface area contributed by atoms with Crippen LogP contribution in [0, 0.1) is 0 Å². The minimum absolute atomic E-state index is 0.408. The number of rotatable bonds is 4. The Labute approximate surface area is 78.3 Å². The van der Waals surface area contributed by atoms with Gasteiger partial charge in [0.1, 0.15) is 6.61 Å². The highest BCUT2D eigenvalue weighted by Crippen LogP contribution is 2.03. The predicted octanol–water partition coefficient (Wildman–Crippen LogP) is 2.15. The molecule has 0 unspecified atom stereocenters. The second-order valence-corrected chi connectivity index (χ2v) is 2.56. The van der Waals surface area contributed by atoms with Crippen molar-refractivity contribution in [2.75, 3.05) is 6.61 Å². The zero-order valence-electron chi connectivity index (χ0n) is 7.44. The van der Waals surface area contributed by atoms with Crippen molar-refractivity contribution >= 4 is 6.08 Å². The van der Waals surface area contributed by atoms with Crippen LogP contribution in [0.3, 0.4) is 0 Å². The molecular formula is C11H13NO. The lowest BCUT2D eigenvalue weighted by Crippen LogP contribution is -2.02. The van der Waals surface area contributed by atoms with Gasteiger partial charge in [0.15, 0.2) is 5.88 Å². The fourth-order valence-corrected chi connectivity index (χ4v) is 0.910. The highest BCUT2D eigenvalue weighted by Gasteiger charge is 1.89. The Morgan fingerprint density at radius 3 is 2.69 bits per heavy atom. The van der Waals surface area contributed by atoms with Crippen LogP contribution in [-0.2, 0) is 4.74 Å². The summed E-state index contributed by atoms with van der Waals surface area (Å²) < 4.78 is 5.12. The average molecular weight is 175 g/mol. The summed E-state index contributed by atoms with van der Waals surface area (Å²) in [6.45, 7) is 3.97. The highest BCUT2D eigenvalue weighted by molar-refractivity contribution is 5.50. The summed E-state index contributed by atoms with van der Waals surface area (Å²) in [5.41, 5.74) is 6.61. The minimum Gasteiger partial charge on any atom is -0.475 e. The van der Waals surface area contributed by atoms with E-state index in [1.54, 1.807) is 12.2 Å². The first kappa shape index (κ1) is 9.39. The van der Waals surface area contributed by atoms with Crippen LogP contribution in [0.4, 0.5) is 0 Å². The molecule has 0 bridgehead atoms. The zero-order valence-corrected chi connectivity index (χ0v) is 7.44. The van der Waals surface area contributed by atoms with E-state index < -0.39 is 0 Å². The molecule has 0 saturated carbocycles. The molecule has 2 nitrogen and oxygen atoms in total. The average Bonchev–Trinajstić information content (AvgIpc) is 2.16. The zero-order chi connectivity index (χ0) is 9.52. The van der Waals surface area contributed by atoms with E-state index in [1.807, 2.05) is 30.3 Å². The molecule has 0 aromatic heterocycles. The van der Waals surface area contributed by atoms with Gasteiger partial charge in [-0.2, -0.15) is 0 Å². The molecule has 0 fully saturated rings. The number of nitrogens with two attached hydrogens (primary N) is 1. The molecule has 68 valence electrons. The molecule has 1 aromatic carbocycles. The third kappa shape index (κ3) is 3.47. The fourth-order valence-electron chi connectivity index (χ4n) is 0.910. The third-order valence-corrected chi connectivity index (χ3v) is 1.48. The lowest BCUT2D eigenvalue weighted by molar-refractivity contribution is 0.248. The van der Waals surface area contributed by atoms with Gasteiger partial charge >= 0.3 is 0 Å². The molecule has 1 rings (SSSR count). The molecule has 0 spiro atoms. The topological polar surface area (TPSA) is 35.2 Å². The summed E-state index contributed by atoms with van der Waals surface area (Å²) in [5, 5.41) is 0. The van der Waals surface area contributed by atoms with Gasteiger partial charge in [0.05, 0.1) is 0 Å². The van der Waals surface area contributed by atoms with Gasteiger partial charge in [-0.15, -0.1) is 0 Å². The van der Waals surface area contributed by atoms with Gasteiger partial charge < -0.3 is 10.5 Å². The van der Waals surface area contributed by atoms with E-state index in [1.165, 1.54) is 0 Å². The fraction of sp³-hybridized carbons (Fsp3) is 0.0909. The molecule has 0 saturated heterocycles.